The summed E-state index contributed by atoms with van der Waals surface area (Å²) >= 11 is 14.6. The van der Waals surface area contributed by atoms with E-state index in [9.17, 15) is 4.79 Å². The molecule has 0 unspecified atom stereocenters. The first-order valence-corrected chi connectivity index (χ1v) is 8.94. The van der Waals surface area contributed by atoms with Crippen molar-refractivity contribution in [1.82, 2.24) is 4.98 Å². The molecule has 1 N–H and O–H groups in total. The second-order valence-corrected chi connectivity index (χ2v) is 7.26. The van der Waals surface area contributed by atoms with Gasteiger partial charge >= 0.3 is 0 Å². The fraction of sp³-hybridized carbons (Fsp3) is 0.214. The summed E-state index contributed by atoms with van der Waals surface area (Å²) in [5.74, 6) is 0.380. The number of hydrogen-bond donors (Lipinski definition) is 1. The topological polar surface area (TPSA) is 65.8 Å². The predicted octanol–water partition coefficient (Wildman–Crippen LogP) is 4.24. The highest BCUT2D eigenvalue weighted by atomic mass is 35.5. The van der Waals surface area contributed by atoms with Crippen LogP contribution in [0.3, 0.4) is 0 Å². The Hall–Kier alpha value is -1.26. The van der Waals surface area contributed by atoms with Gasteiger partial charge in [0.15, 0.2) is 5.13 Å². The maximum absolute atomic E-state index is 11.6. The summed E-state index contributed by atoms with van der Waals surface area (Å²) in [5, 5.41) is 12.9. The van der Waals surface area contributed by atoms with Gasteiger partial charge in [-0.05, 0) is 23.8 Å². The number of thioether (sulfide) groups is 1. The first kappa shape index (κ1) is 17.1. The van der Waals surface area contributed by atoms with Crippen LogP contribution in [0, 0.1) is 11.3 Å². The van der Waals surface area contributed by atoms with Crippen LogP contribution in [0.4, 0.5) is 5.13 Å². The van der Waals surface area contributed by atoms with Crippen LogP contribution in [0.15, 0.2) is 24.4 Å². The van der Waals surface area contributed by atoms with Crippen molar-refractivity contribution in [3.8, 4) is 6.07 Å². The first-order valence-electron chi connectivity index (χ1n) is 6.21. The van der Waals surface area contributed by atoms with E-state index in [0.717, 1.165) is 10.4 Å². The van der Waals surface area contributed by atoms with Gasteiger partial charge in [0.2, 0.25) is 5.91 Å². The zero-order chi connectivity index (χ0) is 15.9. The molecule has 2 rings (SSSR count). The number of thiazole rings is 1. The number of nitriles is 1. The molecule has 0 saturated heterocycles. The molecule has 0 spiro atoms. The molecule has 1 amide bonds. The average molecular weight is 372 g/mol. The number of carbonyl (C=O) groups excluding carboxylic acids is 1. The molecule has 1 aromatic heterocycles. The molecule has 0 aliphatic carbocycles. The van der Waals surface area contributed by atoms with Crippen LogP contribution in [0.25, 0.3) is 0 Å². The number of nitrogens with zero attached hydrogens (tertiary/aromatic N) is 2. The summed E-state index contributed by atoms with van der Waals surface area (Å²) in [7, 11) is 0. The fourth-order valence-corrected chi connectivity index (χ4v) is 3.59. The zero-order valence-corrected chi connectivity index (χ0v) is 14.5. The molecule has 0 saturated carbocycles. The number of amides is 1. The molecule has 4 nitrogen and oxygen atoms in total. The Morgan fingerprint density at radius 3 is 2.77 bits per heavy atom. The molecule has 0 radical (unpaired) electrons. The highest BCUT2D eigenvalue weighted by Crippen LogP contribution is 2.25. The van der Waals surface area contributed by atoms with E-state index in [1.807, 2.05) is 18.2 Å². The summed E-state index contributed by atoms with van der Waals surface area (Å²) < 4.78 is 0. The molecule has 0 aliphatic rings. The molecule has 0 fully saturated rings. The molecular weight excluding hydrogens is 361 g/mol. The van der Waals surface area contributed by atoms with Gasteiger partial charge in [-0.3, -0.25) is 4.79 Å². The highest BCUT2D eigenvalue weighted by molar-refractivity contribution is 8.00. The van der Waals surface area contributed by atoms with Gasteiger partial charge < -0.3 is 5.32 Å². The Balaban J connectivity index is 1.94. The minimum absolute atomic E-state index is 0.160. The Morgan fingerprint density at radius 1 is 1.36 bits per heavy atom. The Labute approximate surface area is 146 Å². The van der Waals surface area contributed by atoms with E-state index in [1.165, 1.54) is 23.1 Å². The number of carbonyl (C=O) groups is 1. The van der Waals surface area contributed by atoms with Gasteiger partial charge in [0.05, 0.1) is 17.6 Å². The van der Waals surface area contributed by atoms with Crippen LogP contribution in [0.2, 0.25) is 10.0 Å². The maximum Gasteiger partial charge on any atom is 0.236 e. The number of hydrogen-bond acceptors (Lipinski definition) is 5. The highest BCUT2D eigenvalue weighted by Gasteiger charge is 2.08. The third kappa shape index (κ3) is 5.50. The molecule has 1 heterocycles. The van der Waals surface area contributed by atoms with Crippen LogP contribution in [0.1, 0.15) is 10.4 Å². The first-order chi connectivity index (χ1) is 10.6. The largest absolute Gasteiger partial charge is 0.301 e. The van der Waals surface area contributed by atoms with Crippen molar-refractivity contribution < 1.29 is 4.79 Å². The van der Waals surface area contributed by atoms with Crippen LogP contribution in [-0.4, -0.2) is 22.4 Å². The van der Waals surface area contributed by atoms with Crippen molar-refractivity contribution in [1.29, 1.82) is 5.26 Å². The number of aromatic nitrogens is 1. The lowest BCUT2D eigenvalue weighted by atomic mass is 10.1. The Kier molecular flexibility index (Phi) is 6.52. The number of benzene rings is 1. The van der Waals surface area contributed by atoms with Crippen molar-refractivity contribution in [2.24, 2.45) is 0 Å². The number of anilines is 1. The number of nitrogens with one attached hydrogen (secondary N) is 1. The Bertz CT molecular complexity index is 692. The van der Waals surface area contributed by atoms with E-state index >= 15 is 0 Å². The third-order valence-corrected chi connectivity index (χ3v) is 4.65. The van der Waals surface area contributed by atoms with Gasteiger partial charge in [0.1, 0.15) is 0 Å². The average Bonchev–Trinajstić information content (AvgIpc) is 2.85. The monoisotopic (exact) mass is 371 g/mol. The summed E-state index contributed by atoms with van der Waals surface area (Å²) in [6, 6.07) is 7.36. The molecule has 8 heteroatoms. The zero-order valence-electron chi connectivity index (χ0n) is 11.3. The molecule has 0 atom stereocenters. The van der Waals surface area contributed by atoms with Gasteiger partial charge in [-0.2, -0.15) is 5.26 Å². The maximum atomic E-state index is 11.6. The number of rotatable bonds is 6. The molecule has 1 aromatic carbocycles. The summed E-state index contributed by atoms with van der Waals surface area (Å²) in [6.45, 7) is 0. The van der Waals surface area contributed by atoms with Gasteiger partial charge in [0, 0.05) is 27.5 Å². The second kappa shape index (κ2) is 8.39. The summed E-state index contributed by atoms with van der Waals surface area (Å²) in [6.07, 6.45) is 2.37. The van der Waals surface area contributed by atoms with Crippen molar-refractivity contribution in [3.63, 3.8) is 0 Å². The van der Waals surface area contributed by atoms with Crippen LogP contribution in [0.5, 0.6) is 0 Å². The lowest BCUT2D eigenvalue weighted by molar-refractivity contribution is -0.113. The van der Waals surface area contributed by atoms with Gasteiger partial charge in [-0.15, -0.1) is 23.1 Å². The third-order valence-electron chi connectivity index (χ3n) is 2.50. The SMILES string of the molecule is N#CCSCC(=O)Nc1ncc(Cc2cc(Cl)cc(Cl)c2)s1. The van der Waals surface area contributed by atoms with E-state index < -0.39 is 0 Å². The van der Waals surface area contributed by atoms with Crippen molar-refractivity contribution in [2.45, 2.75) is 6.42 Å². The van der Waals surface area contributed by atoms with Gasteiger partial charge in [-0.25, -0.2) is 4.98 Å². The molecule has 114 valence electrons. The second-order valence-electron chi connectivity index (χ2n) is 4.29. The van der Waals surface area contributed by atoms with Crippen molar-refractivity contribution in [3.05, 3.63) is 44.9 Å². The Morgan fingerprint density at radius 2 is 2.09 bits per heavy atom. The molecular formula is C14H11Cl2N3OS2. The standard InChI is InChI=1S/C14H11Cl2N3OS2/c15-10-3-9(4-11(16)6-10)5-12-7-18-14(22-12)19-13(20)8-21-2-1-17/h3-4,6-7H,2,5,8H2,(H,18,19,20). The van der Waals surface area contributed by atoms with Crippen LogP contribution in [-0.2, 0) is 11.2 Å². The summed E-state index contributed by atoms with van der Waals surface area (Å²) in [4.78, 5) is 16.8. The van der Waals surface area contributed by atoms with E-state index in [2.05, 4.69) is 10.3 Å². The minimum atomic E-state index is -0.160. The van der Waals surface area contributed by atoms with E-state index in [4.69, 9.17) is 28.5 Å². The molecule has 0 aliphatic heterocycles. The summed E-state index contributed by atoms with van der Waals surface area (Å²) in [5.41, 5.74) is 0.989. The molecule has 22 heavy (non-hydrogen) atoms. The lowest BCUT2D eigenvalue weighted by Gasteiger charge is -2.01. The number of halogens is 2. The quantitative estimate of drug-likeness (QED) is 0.771. The molecule has 0 bridgehead atoms. The van der Waals surface area contributed by atoms with E-state index in [1.54, 1.807) is 12.3 Å². The van der Waals surface area contributed by atoms with Gasteiger partial charge in [-0.1, -0.05) is 23.2 Å². The van der Waals surface area contributed by atoms with Crippen LogP contribution >= 0.6 is 46.3 Å². The van der Waals surface area contributed by atoms with Crippen molar-refractivity contribution in [2.75, 3.05) is 16.8 Å². The van der Waals surface area contributed by atoms with E-state index in [-0.39, 0.29) is 11.7 Å². The van der Waals surface area contributed by atoms with Crippen LogP contribution < -0.4 is 5.32 Å². The van der Waals surface area contributed by atoms with Crippen molar-refractivity contribution >= 4 is 57.3 Å². The van der Waals surface area contributed by atoms with Gasteiger partial charge in [0.25, 0.3) is 0 Å². The smallest absolute Gasteiger partial charge is 0.236 e. The minimum Gasteiger partial charge on any atom is -0.301 e. The predicted molar refractivity (Wildman–Crippen MR) is 92.9 cm³/mol. The lowest BCUT2D eigenvalue weighted by Crippen LogP contribution is -2.13. The fourth-order valence-electron chi connectivity index (χ4n) is 1.71. The molecule has 2 aromatic rings. The normalized spacial score (nSPS) is 10.2. The van der Waals surface area contributed by atoms with E-state index in [0.29, 0.717) is 27.4 Å².